The van der Waals surface area contributed by atoms with E-state index in [-0.39, 0.29) is 18.4 Å². The van der Waals surface area contributed by atoms with Gasteiger partial charge >= 0.3 is 5.97 Å². The SMILES string of the molecule is Cc1cc(Oc2ccc(F)cc2)nc([C@@H]2CCCCN2CC(=O)O)n1. The van der Waals surface area contributed by atoms with E-state index in [1.165, 1.54) is 24.3 Å². The first-order chi connectivity index (χ1) is 12.0. The molecule has 6 nitrogen and oxygen atoms in total. The zero-order chi connectivity index (χ0) is 17.8. The van der Waals surface area contributed by atoms with E-state index >= 15 is 0 Å². The second-order valence-corrected chi connectivity index (χ2v) is 6.14. The average Bonchev–Trinajstić information content (AvgIpc) is 2.56. The van der Waals surface area contributed by atoms with Gasteiger partial charge in [-0.1, -0.05) is 6.42 Å². The molecule has 1 fully saturated rings. The minimum atomic E-state index is -0.859. The summed E-state index contributed by atoms with van der Waals surface area (Å²) in [5.74, 6) is 0.227. The Kier molecular flexibility index (Phi) is 5.23. The van der Waals surface area contributed by atoms with Gasteiger partial charge in [0.25, 0.3) is 0 Å². The van der Waals surface area contributed by atoms with Gasteiger partial charge in [0.2, 0.25) is 5.88 Å². The van der Waals surface area contributed by atoms with Crippen molar-refractivity contribution in [2.45, 2.75) is 32.2 Å². The number of nitrogens with zero attached hydrogens (tertiary/aromatic N) is 3. The number of piperidine rings is 1. The van der Waals surface area contributed by atoms with Crippen molar-refractivity contribution in [1.29, 1.82) is 0 Å². The van der Waals surface area contributed by atoms with Crippen molar-refractivity contribution < 1.29 is 19.0 Å². The van der Waals surface area contributed by atoms with E-state index in [1.807, 2.05) is 11.8 Å². The number of aliphatic carboxylic acids is 1. The lowest BCUT2D eigenvalue weighted by molar-refractivity contribution is -0.139. The summed E-state index contributed by atoms with van der Waals surface area (Å²) in [6, 6.07) is 7.27. The minimum absolute atomic E-state index is 0.0316. The Bertz CT molecular complexity index is 752. The quantitative estimate of drug-likeness (QED) is 0.896. The molecule has 0 aliphatic carbocycles. The molecule has 1 aliphatic heterocycles. The Morgan fingerprint density at radius 2 is 2.08 bits per heavy atom. The van der Waals surface area contributed by atoms with Gasteiger partial charge in [-0.25, -0.2) is 9.37 Å². The van der Waals surface area contributed by atoms with Crippen LogP contribution < -0.4 is 4.74 Å². The number of benzene rings is 1. The lowest BCUT2D eigenvalue weighted by atomic mass is 10.0. The van der Waals surface area contributed by atoms with Gasteiger partial charge < -0.3 is 9.84 Å². The Labute approximate surface area is 145 Å². The zero-order valence-corrected chi connectivity index (χ0v) is 14.0. The highest BCUT2D eigenvalue weighted by Gasteiger charge is 2.28. The van der Waals surface area contributed by atoms with Crippen molar-refractivity contribution in [3.63, 3.8) is 0 Å². The van der Waals surface area contributed by atoms with Crippen molar-refractivity contribution in [3.05, 3.63) is 47.7 Å². The maximum Gasteiger partial charge on any atom is 0.317 e. The molecule has 2 aromatic rings. The van der Waals surface area contributed by atoms with Crippen molar-refractivity contribution in [2.24, 2.45) is 0 Å². The molecule has 1 aliphatic rings. The zero-order valence-electron chi connectivity index (χ0n) is 14.0. The van der Waals surface area contributed by atoms with Gasteiger partial charge in [0.15, 0.2) is 0 Å². The summed E-state index contributed by atoms with van der Waals surface area (Å²) < 4.78 is 18.7. The Morgan fingerprint density at radius 1 is 1.32 bits per heavy atom. The lowest BCUT2D eigenvalue weighted by Crippen LogP contribution is -2.38. The van der Waals surface area contributed by atoms with Crippen LogP contribution in [0.4, 0.5) is 4.39 Å². The number of hydrogen-bond donors (Lipinski definition) is 1. The van der Waals surface area contributed by atoms with E-state index in [2.05, 4.69) is 9.97 Å². The van der Waals surface area contributed by atoms with Crippen LogP contribution in [0.3, 0.4) is 0 Å². The number of aryl methyl sites for hydroxylation is 1. The number of carboxylic acids is 1. The molecule has 2 heterocycles. The largest absolute Gasteiger partial charge is 0.480 e. The maximum atomic E-state index is 13.0. The second-order valence-electron chi connectivity index (χ2n) is 6.14. The molecule has 0 amide bonds. The van der Waals surface area contributed by atoms with Crippen LogP contribution in [0.25, 0.3) is 0 Å². The fraction of sp³-hybridized carbons (Fsp3) is 0.389. The van der Waals surface area contributed by atoms with E-state index < -0.39 is 5.97 Å². The van der Waals surface area contributed by atoms with Crippen LogP contribution in [-0.4, -0.2) is 39.0 Å². The summed E-state index contributed by atoms with van der Waals surface area (Å²) in [5, 5.41) is 9.12. The van der Waals surface area contributed by atoms with Crippen LogP contribution in [0.5, 0.6) is 11.6 Å². The first-order valence-electron chi connectivity index (χ1n) is 8.26. The molecule has 0 unspecified atom stereocenters. The van der Waals surface area contributed by atoms with E-state index in [0.717, 1.165) is 25.0 Å². The molecule has 7 heteroatoms. The Balaban J connectivity index is 1.84. The van der Waals surface area contributed by atoms with Gasteiger partial charge in [-0.2, -0.15) is 4.98 Å². The molecule has 0 saturated carbocycles. The summed E-state index contributed by atoms with van der Waals surface area (Å²) in [6.07, 6.45) is 2.79. The fourth-order valence-electron chi connectivity index (χ4n) is 3.03. The lowest BCUT2D eigenvalue weighted by Gasteiger charge is -2.33. The summed E-state index contributed by atoms with van der Waals surface area (Å²) in [6.45, 7) is 2.52. The van der Waals surface area contributed by atoms with Crippen molar-refractivity contribution in [2.75, 3.05) is 13.1 Å². The molecule has 25 heavy (non-hydrogen) atoms. The molecule has 1 atom stereocenters. The third-order valence-corrected chi connectivity index (χ3v) is 4.13. The standard InChI is InChI=1S/C18H20FN3O3/c1-12-10-16(25-14-7-5-13(19)6-8-14)21-18(20-12)15-4-2-3-9-22(15)11-17(23)24/h5-8,10,15H,2-4,9,11H2,1H3,(H,23,24)/t15-/m0/s1. The van der Waals surface area contributed by atoms with E-state index in [0.29, 0.717) is 24.0 Å². The molecule has 0 radical (unpaired) electrons. The topological polar surface area (TPSA) is 75.5 Å². The van der Waals surface area contributed by atoms with Crippen LogP contribution in [0.15, 0.2) is 30.3 Å². The molecular formula is C18H20FN3O3. The van der Waals surface area contributed by atoms with Gasteiger partial charge in [-0.3, -0.25) is 9.69 Å². The number of rotatable bonds is 5. The highest BCUT2D eigenvalue weighted by molar-refractivity contribution is 5.69. The van der Waals surface area contributed by atoms with Gasteiger partial charge in [-0.15, -0.1) is 0 Å². The Morgan fingerprint density at radius 3 is 2.80 bits per heavy atom. The van der Waals surface area contributed by atoms with Gasteiger partial charge in [0.05, 0.1) is 12.6 Å². The van der Waals surface area contributed by atoms with E-state index in [9.17, 15) is 9.18 Å². The highest BCUT2D eigenvalue weighted by Crippen LogP contribution is 2.30. The first-order valence-corrected chi connectivity index (χ1v) is 8.26. The van der Waals surface area contributed by atoms with Crippen molar-refractivity contribution in [3.8, 4) is 11.6 Å². The third kappa shape index (κ3) is 4.51. The van der Waals surface area contributed by atoms with Crippen LogP contribution in [0, 0.1) is 12.7 Å². The highest BCUT2D eigenvalue weighted by atomic mass is 19.1. The summed E-state index contributed by atoms with van der Waals surface area (Å²) in [5.41, 5.74) is 0.739. The monoisotopic (exact) mass is 345 g/mol. The molecule has 1 aromatic carbocycles. The molecule has 1 N–H and O–H groups in total. The molecule has 132 valence electrons. The number of carboxylic acid groups (broad SMARTS) is 1. The molecule has 0 bridgehead atoms. The number of ether oxygens (including phenoxy) is 1. The predicted octanol–water partition coefficient (Wildman–Crippen LogP) is 3.33. The molecule has 1 saturated heterocycles. The summed E-state index contributed by atoms with van der Waals surface area (Å²) >= 11 is 0. The fourth-order valence-corrected chi connectivity index (χ4v) is 3.03. The van der Waals surface area contributed by atoms with Crippen LogP contribution in [-0.2, 0) is 4.79 Å². The Hall–Kier alpha value is -2.54. The second kappa shape index (κ2) is 7.57. The molecule has 3 rings (SSSR count). The molecule has 1 aromatic heterocycles. The number of hydrogen-bond acceptors (Lipinski definition) is 5. The smallest absolute Gasteiger partial charge is 0.317 e. The maximum absolute atomic E-state index is 13.0. The molecular weight excluding hydrogens is 325 g/mol. The first kappa shape index (κ1) is 17.3. The van der Waals surface area contributed by atoms with Crippen LogP contribution >= 0.6 is 0 Å². The number of likely N-dealkylation sites (tertiary alicyclic amines) is 1. The predicted molar refractivity (Wildman–Crippen MR) is 89.0 cm³/mol. The van der Waals surface area contributed by atoms with E-state index in [4.69, 9.17) is 9.84 Å². The van der Waals surface area contributed by atoms with Crippen LogP contribution in [0.1, 0.15) is 36.8 Å². The number of aromatic nitrogens is 2. The minimum Gasteiger partial charge on any atom is -0.480 e. The summed E-state index contributed by atoms with van der Waals surface area (Å²) in [4.78, 5) is 22.0. The third-order valence-electron chi connectivity index (χ3n) is 4.13. The normalized spacial score (nSPS) is 18.1. The molecule has 0 spiro atoms. The van der Waals surface area contributed by atoms with Crippen molar-refractivity contribution >= 4 is 5.97 Å². The number of carbonyl (C=O) groups is 1. The van der Waals surface area contributed by atoms with Crippen molar-refractivity contribution in [1.82, 2.24) is 14.9 Å². The van der Waals surface area contributed by atoms with Crippen LogP contribution in [0.2, 0.25) is 0 Å². The number of halogens is 1. The van der Waals surface area contributed by atoms with Gasteiger partial charge in [0, 0.05) is 11.8 Å². The average molecular weight is 345 g/mol. The van der Waals surface area contributed by atoms with Gasteiger partial charge in [-0.05, 0) is 50.6 Å². The van der Waals surface area contributed by atoms with E-state index in [1.54, 1.807) is 6.07 Å². The van der Waals surface area contributed by atoms with Gasteiger partial charge in [0.1, 0.15) is 17.4 Å². The summed E-state index contributed by atoms with van der Waals surface area (Å²) in [7, 11) is 0.